The minimum atomic E-state index is -4.77. The Morgan fingerprint density at radius 1 is 1.35 bits per heavy atom. The van der Waals surface area contributed by atoms with E-state index < -0.39 is 58.3 Å². The van der Waals surface area contributed by atoms with E-state index in [2.05, 4.69) is 4.84 Å². The standard InChI is InChI=1S/C8H10N2O8S.Na/c9-5(11)1-2-7(13)18-10-6(12)3-4(8(10)14)19(15,16)17;/h4H,1-3H2,(H3,9,11,15,16,17);/q;+1/p-1. The van der Waals surface area contributed by atoms with E-state index in [1.165, 1.54) is 0 Å². The monoisotopic (exact) mass is 316 g/mol. The second kappa shape index (κ2) is 7.13. The van der Waals surface area contributed by atoms with E-state index in [0.29, 0.717) is 0 Å². The molecule has 1 aliphatic rings. The first-order valence-corrected chi connectivity index (χ1v) is 6.41. The van der Waals surface area contributed by atoms with Crippen molar-refractivity contribution in [3.8, 4) is 0 Å². The summed E-state index contributed by atoms with van der Waals surface area (Å²) in [5, 5.41) is -2.06. The van der Waals surface area contributed by atoms with Crippen LogP contribution in [0.25, 0.3) is 5.73 Å². The number of hydroxylamine groups is 2. The molecule has 0 aromatic rings. The molecule has 1 fully saturated rings. The molecule has 1 unspecified atom stereocenters. The van der Waals surface area contributed by atoms with Crippen LogP contribution >= 0.6 is 0 Å². The zero-order valence-electron chi connectivity index (χ0n) is 10.4. The number of rotatable bonds is 5. The normalized spacial score (nSPS) is 18.6. The van der Waals surface area contributed by atoms with E-state index in [4.69, 9.17) is 10.3 Å². The molecule has 0 aromatic carbocycles. The van der Waals surface area contributed by atoms with Crippen LogP contribution in [-0.4, -0.2) is 47.0 Å². The van der Waals surface area contributed by atoms with Crippen molar-refractivity contribution in [2.45, 2.75) is 24.5 Å². The van der Waals surface area contributed by atoms with Crippen molar-refractivity contribution in [3.63, 3.8) is 0 Å². The van der Waals surface area contributed by atoms with E-state index in [0.717, 1.165) is 0 Å². The summed E-state index contributed by atoms with van der Waals surface area (Å²) < 4.78 is 30.3. The van der Waals surface area contributed by atoms with Gasteiger partial charge in [0.25, 0.3) is 21.9 Å². The first-order chi connectivity index (χ1) is 8.62. The van der Waals surface area contributed by atoms with Crippen LogP contribution in [0.2, 0.25) is 0 Å². The molecule has 1 aliphatic heterocycles. The van der Waals surface area contributed by atoms with Gasteiger partial charge in [-0.1, -0.05) is 0 Å². The maximum absolute atomic E-state index is 11.4. The molecule has 0 aromatic heterocycles. The minimum Gasteiger partial charge on any atom is -0.668 e. The second-order valence-electron chi connectivity index (χ2n) is 3.62. The van der Waals surface area contributed by atoms with Gasteiger partial charge in [-0.3, -0.25) is 14.1 Å². The third kappa shape index (κ3) is 4.83. The van der Waals surface area contributed by atoms with Crippen LogP contribution < -0.4 is 29.6 Å². The van der Waals surface area contributed by atoms with E-state index in [1.807, 2.05) is 0 Å². The van der Waals surface area contributed by atoms with Gasteiger partial charge >= 0.3 is 35.5 Å². The summed E-state index contributed by atoms with van der Waals surface area (Å²) in [4.78, 5) is 48.4. The first-order valence-electron chi connectivity index (χ1n) is 4.91. The Kier molecular flexibility index (Phi) is 6.77. The van der Waals surface area contributed by atoms with Gasteiger partial charge in [0.1, 0.15) is 0 Å². The van der Waals surface area contributed by atoms with Crippen LogP contribution in [0.15, 0.2) is 0 Å². The van der Waals surface area contributed by atoms with Gasteiger partial charge < -0.3 is 15.4 Å². The van der Waals surface area contributed by atoms with Gasteiger partial charge in [-0.2, -0.15) is 8.42 Å². The number of amides is 3. The number of carbonyl (C=O) groups is 4. The molecular weight excluding hydrogens is 307 g/mol. The van der Waals surface area contributed by atoms with Gasteiger partial charge in [-0.05, 0) is 6.42 Å². The molecule has 1 atom stereocenters. The van der Waals surface area contributed by atoms with Gasteiger partial charge in [0.15, 0.2) is 5.25 Å². The Hall–Kier alpha value is -1.01. The molecular formula is C8H9N2NaO8S. The molecule has 20 heavy (non-hydrogen) atoms. The number of carbonyl (C=O) groups excluding carboxylic acids is 4. The third-order valence-corrected chi connectivity index (χ3v) is 3.26. The topological polar surface area (TPSA) is 159 Å². The van der Waals surface area contributed by atoms with Crippen molar-refractivity contribution in [1.82, 2.24) is 5.06 Å². The molecule has 0 bridgehead atoms. The van der Waals surface area contributed by atoms with Crippen molar-refractivity contribution in [2.75, 3.05) is 0 Å². The molecule has 0 aliphatic carbocycles. The van der Waals surface area contributed by atoms with Gasteiger partial charge in [0.05, 0.1) is 12.8 Å². The fourth-order valence-corrected chi connectivity index (χ4v) is 1.98. The summed E-state index contributed by atoms with van der Waals surface area (Å²) in [6.45, 7) is 0. The van der Waals surface area contributed by atoms with Gasteiger partial charge in [-0.15, -0.1) is 5.06 Å². The predicted molar refractivity (Wildman–Crippen MR) is 56.5 cm³/mol. The average molecular weight is 316 g/mol. The summed E-state index contributed by atoms with van der Waals surface area (Å²) in [7, 11) is -4.77. The fourth-order valence-electron chi connectivity index (χ4n) is 1.27. The molecule has 0 radical (unpaired) electrons. The van der Waals surface area contributed by atoms with Crippen molar-refractivity contribution in [3.05, 3.63) is 5.73 Å². The SMILES string of the molecule is [NH-]C(=O)CCC(=O)ON1C(=O)CC(S(=O)(=O)O)C1=O.[Na+]. The zero-order valence-corrected chi connectivity index (χ0v) is 13.2. The molecule has 3 amide bonds. The summed E-state index contributed by atoms with van der Waals surface area (Å²) in [5.41, 5.74) is 6.54. The number of nitrogens with one attached hydrogen (secondary N) is 1. The summed E-state index contributed by atoms with van der Waals surface area (Å²) >= 11 is 0. The van der Waals surface area contributed by atoms with Crippen LogP contribution in [0.4, 0.5) is 0 Å². The zero-order chi connectivity index (χ0) is 14.8. The predicted octanol–water partition coefficient (Wildman–Crippen LogP) is -4.18. The quantitative estimate of drug-likeness (QED) is 0.304. The molecule has 2 N–H and O–H groups in total. The van der Waals surface area contributed by atoms with Crippen molar-refractivity contribution in [1.29, 1.82) is 0 Å². The molecule has 0 spiro atoms. The summed E-state index contributed by atoms with van der Waals surface area (Å²) in [5.74, 6) is -4.65. The van der Waals surface area contributed by atoms with E-state index in [1.54, 1.807) is 0 Å². The van der Waals surface area contributed by atoms with Crippen LogP contribution in [0, 0.1) is 0 Å². The maximum atomic E-state index is 11.4. The molecule has 1 heterocycles. The Balaban J connectivity index is 0.00000361. The Labute approximate surface area is 135 Å². The van der Waals surface area contributed by atoms with Crippen molar-refractivity contribution < 1.29 is 66.5 Å². The Bertz CT molecular complexity index is 545. The number of imide groups is 1. The summed E-state index contributed by atoms with van der Waals surface area (Å²) in [6, 6.07) is 0. The molecule has 10 nitrogen and oxygen atoms in total. The van der Waals surface area contributed by atoms with Gasteiger partial charge in [0.2, 0.25) is 0 Å². The van der Waals surface area contributed by atoms with E-state index in [9.17, 15) is 27.6 Å². The van der Waals surface area contributed by atoms with Crippen molar-refractivity contribution in [2.24, 2.45) is 0 Å². The summed E-state index contributed by atoms with van der Waals surface area (Å²) in [6.07, 6.45) is -1.82. The molecule has 106 valence electrons. The molecule has 12 heteroatoms. The van der Waals surface area contributed by atoms with Gasteiger partial charge in [-0.25, -0.2) is 4.79 Å². The first kappa shape index (κ1) is 19.0. The number of hydrogen-bond donors (Lipinski definition) is 1. The Morgan fingerprint density at radius 3 is 2.30 bits per heavy atom. The smallest absolute Gasteiger partial charge is 0.668 e. The fraction of sp³-hybridized carbons (Fsp3) is 0.500. The van der Waals surface area contributed by atoms with Crippen LogP contribution in [0.5, 0.6) is 0 Å². The minimum absolute atomic E-state index is 0. The molecule has 1 saturated heterocycles. The average Bonchev–Trinajstić information content (AvgIpc) is 2.54. The number of hydrogen-bond acceptors (Lipinski definition) is 7. The van der Waals surface area contributed by atoms with E-state index >= 15 is 0 Å². The Morgan fingerprint density at radius 2 is 1.90 bits per heavy atom. The largest absolute Gasteiger partial charge is 1.00 e. The van der Waals surface area contributed by atoms with Gasteiger partial charge in [0, 0.05) is 5.91 Å². The van der Waals surface area contributed by atoms with Crippen LogP contribution in [-0.2, 0) is 34.1 Å². The van der Waals surface area contributed by atoms with E-state index in [-0.39, 0.29) is 34.6 Å². The van der Waals surface area contributed by atoms with Crippen LogP contribution in [0.1, 0.15) is 19.3 Å². The molecule has 1 rings (SSSR count). The molecule has 0 saturated carbocycles. The maximum Gasteiger partial charge on any atom is 1.00 e. The second-order valence-corrected chi connectivity index (χ2v) is 5.22. The van der Waals surface area contributed by atoms with Crippen LogP contribution in [0.3, 0.4) is 0 Å². The third-order valence-electron chi connectivity index (χ3n) is 2.17. The van der Waals surface area contributed by atoms with Crippen molar-refractivity contribution >= 4 is 33.8 Å². The number of nitrogens with zero attached hydrogens (tertiary/aromatic N) is 1.